The molecular weight excluding hydrogens is 238 g/mol. The number of aliphatic hydroxyl groups is 2. The molecule has 1 unspecified atom stereocenters. The summed E-state index contributed by atoms with van der Waals surface area (Å²) < 4.78 is 2.01. The SMILES string of the molecule is Cn1c(CO)cc2cc3c(cc21)C=CCCCC3O. The third-order valence-electron chi connectivity index (χ3n) is 4.01. The van der Waals surface area contributed by atoms with E-state index in [-0.39, 0.29) is 12.7 Å². The summed E-state index contributed by atoms with van der Waals surface area (Å²) in [5.74, 6) is 0. The molecule has 3 rings (SSSR count). The van der Waals surface area contributed by atoms with Crippen molar-refractivity contribution in [3.63, 3.8) is 0 Å². The summed E-state index contributed by atoms with van der Waals surface area (Å²) in [6, 6.07) is 6.16. The monoisotopic (exact) mass is 257 g/mol. The van der Waals surface area contributed by atoms with Crippen LogP contribution in [-0.2, 0) is 13.7 Å². The molecule has 3 heteroatoms. The number of aliphatic hydroxyl groups excluding tert-OH is 2. The predicted octanol–water partition coefficient (Wildman–Crippen LogP) is 2.90. The fraction of sp³-hybridized carbons (Fsp3) is 0.375. The lowest BCUT2D eigenvalue weighted by Crippen LogP contribution is -2.02. The molecule has 100 valence electrons. The second-order valence-corrected chi connectivity index (χ2v) is 5.24. The summed E-state index contributed by atoms with van der Waals surface area (Å²) in [6.45, 7) is 0.0360. The van der Waals surface area contributed by atoms with Crippen molar-refractivity contribution in [1.29, 1.82) is 0 Å². The standard InChI is InChI=1S/C16H19NO2/c1-17-13(10-18)7-12-8-14-11(9-15(12)17)5-3-2-4-6-16(14)19/h3,5,7-9,16,18-19H,2,4,6,10H2,1H3. The van der Waals surface area contributed by atoms with E-state index < -0.39 is 0 Å². The molecule has 0 saturated carbocycles. The number of hydrogen-bond donors (Lipinski definition) is 2. The number of nitrogens with zero attached hydrogens (tertiary/aromatic N) is 1. The second kappa shape index (κ2) is 4.83. The van der Waals surface area contributed by atoms with Crippen LogP contribution in [0.2, 0.25) is 0 Å². The summed E-state index contributed by atoms with van der Waals surface area (Å²) in [6.07, 6.45) is 6.73. The first-order chi connectivity index (χ1) is 9.20. The van der Waals surface area contributed by atoms with E-state index in [2.05, 4.69) is 24.3 Å². The minimum Gasteiger partial charge on any atom is -0.390 e. The first-order valence-corrected chi connectivity index (χ1v) is 6.78. The van der Waals surface area contributed by atoms with E-state index in [1.54, 1.807) is 0 Å². The van der Waals surface area contributed by atoms with Crippen molar-refractivity contribution in [2.24, 2.45) is 7.05 Å². The van der Waals surface area contributed by atoms with Gasteiger partial charge in [0, 0.05) is 23.6 Å². The highest BCUT2D eigenvalue weighted by molar-refractivity contribution is 5.85. The zero-order chi connectivity index (χ0) is 13.4. The van der Waals surface area contributed by atoms with E-state index in [0.29, 0.717) is 0 Å². The van der Waals surface area contributed by atoms with Crippen LogP contribution >= 0.6 is 0 Å². The van der Waals surface area contributed by atoms with E-state index >= 15 is 0 Å². The van der Waals surface area contributed by atoms with Gasteiger partial charge in [0.05, 0.1) is 12.7 Å². The van der Waals surface area contributed by atoms with Crippen molar-refractivity contribution in [2.75, 3.05) is 0 Å². The van der Waals surface area contributed by atoms with Crippen molar-refractivity contribution in [2.45, 2.75) is 32.0 Å². The van der Waals surface area contributed by atoms with Gasteiger partial charge in [-0.25, -0.2) is 0 Å². The van der Waals surface area contributed by atoms with Crippen molar-refractivity contribution < 1.29 is 10.2 Å². The highest BCUT2D eigenvalue weighted by Gasteiger charge is 2.15. The largest absolute Gasteiger partial charge is 0.390 e. The summed E-state index contributed by atoms with van der Waals surface area (Å²) in [5.41, 5.74) is 4.08. The number of rotatable bonds is 1. The summed E-state index contributed by atoms with van der Waals surface area (Å²) in [7, 11) is 1.96. The number of aromatic nitrogens is 1. The molecule has 0 radical (unpaired) electrons. The molecule has 0 spiro atoms. The molecule has 1 aromatic carbocycles. The summed E-state index contributed by atoms with van der Waals surface area (Å²) >= 11 is 0. The normalized spacial score (nSPS) is 19.2. The number of aryl methyl sites for hydroxylation is 1. The van der Waals surface area contributed by atoms with Crippen molar-refractivity contribution in [3.05, 3.63) is 41.1 Å². The Labute approximate surface area is 112 Å². The van der Waals surface area contributed by atoms with Crippen LogP contribution in [0.5, 0.6) is 0 Å². The average Bonchev–Trinajstić information content (AvgIpc) is 2.71. The lowest BCUT2D eigenvalue weighted by atomic mass is 9.94. The molecule has 0 fully saturated rings. The maximum absolute atomic E-state index is 10.3. The van der Waals surface area contributed by atoms with Crippen LogP contribution in [0, 0.1) is 0 Å². The number of allylic oxidation sites excluding steroid dienone is 1. The zero-order valence-corrected chi connectivity index (χ0v) is 11.1. The van der Waals surface area contributed by atoms with Crippen LogP contribution in [0.4, 0.5) is 0 Å². The molecular formula is C16H19NO2. The maximum Gasteiger partial charge on any atom is 0.0833 e. The van der Waals surface area contributed by atoms with Crippen LogP contribution in [0.3, 0.4) is 0 Å². The minimum absolute atomic E-state index is 0.0360. The van der Waals surface area contributed by atoms with Gasteiger partial charge in [-0.15, -0.1) is 0 Å². The van der Waals surface area contributed by atoms with E-state index in [9.17, 15) is 10.2 Å². The van der Waals surface area contributed by atoms with Crippen LogP contribution in [0.15, 0.2) is 24.3 Å². The number of hydrogen-bond acceptors (Lipinski definition) is 2. The quantitative estimate of drug-likeness (QED) is 0.825. The van der Waals surface area contributed by atoms with Gasteiger partial charge in [-0.05, 0) is 48.6 Å². The van der Waals surface area contributed by atoms with Gasteiger partial charge >= 0.3 is 0 Å². The summed E-state index contributed by atoms with van der Waals surface area (Å²) in [5, 5.41) is 20.7. The third kappa shape index (κ3) is 2.09. The lowest BCUT2D eigenvalue weighted by Gasteiger charge is -2.16. The Hall–Kier alpha value is -1.58. The van der Waals surface area contributed by atoms with Crippen LogP contribution in [-0.4, -0.2) is 14.8 Å². The Morgan fingerprint density at radius 1 is 1.32 bits per heavy atom. The molecule has 0 amide bonds. The van der Waals surface area contributed by atoms with Gasteiger partial charge in [0.25, 0.3) is 0 Å². The third-order valence-corrected chi connectivity index (χ3v) is 4.01. The highest BCUT2D eigenvalue weighted by Crippen LogP contribution is 2.31. The topological polar surface area (TPSA) is 45.4 Å². The molecule has 1 aliphatic rings. The Morgan fingerprint density at radius 2 is 2.16 bits per heavy atom. The first kappa shape index (κ1) is 12.5. The highest BCUT2D eigenvalue weighted by atomic mass is 16.3. The lowest BCUT2D eigenvalue weighted by molar-refractivity contribution is 0.164. The van der Waals surface area contributed by atoms with Crippen molar-refractivity contribution in [1.82, 2.24) is 4.57 Å². The van der Waals surface area contributed by atoms with Gasteiger partial charge < -0.3 is 14.8 Å². The fourth-order valence-electron chi connectivity index (χ4n) is 2.86. The van der Waals surface area contributed by atoms with Gasteiger partial charge in [0.1, 0.15) is 0 Å². The number of benzene rings is 1. The van der Waals surface area contributed by atoms with Crippen LogP contribution < -0.4 is 0 Å². The molecule has 2 aromatic rings. The molecule has 19 heavy (non-hydrogen) atoms. The molecule has 1 aliphatic carbocycles. The molecule has 3 nitrogen and oxygen atoms in total. The summed E-state index contributed by atoms with van der Waals surface area (Å²) in [4.78, 5) is 0. The van der Waals surface area contributed by atoms with Crippen molar-refractivity contribution >= 4 is 17.0 Å². The Morgan fingerprint density at radius 3 is 2.95 bits per heavy atom. The van der Waals surface area contributed by atoms with Crippen molar-refractivity contribution in [3.8, 4) is 0 Å². The van der Waals surface area contributed by atoms with Crippen LogP contribution in [0.1, 0.15) is 42.2 Å². The molecule has 1 heterocycles. The van der Waals surface area contributed by atoms with E-state index in [4.69, 9.17) is 0 Å². The van der Waals surface area contributed by atoms with Gasteiger partial charge in [-0.1, -0.05) is 12.2 Å². The molecule has 1 atom stereocenters. The maximum atomic E-state index is 10.3. The smallest absolute Gasteiger partial charge is 0.0833 e. The fourth-order valence-corrected chi connectivity index (χ4v) is 2.86. The zero-order valence-electron chi connectivity index (χ0n) is 11.1. The number of fused-ring (bicyclic) bond motifs is 2. The van der Waals surface area contributed by atoms with Gasteiger partial charge in [0.15, 0.2) is 0 Å². The molecule has 1 aromatic heterocycles. The predicted molar refractivity (Wildman–Crippen MR) is 76.7 cm³/mol. The molecule has 2 N–H and O–H groups in total. The second-order valence-electron chi connectivity index (χ2n) is 5.24. The van der Waals surface area contributed by atoms with Crippen LogP contribution in [0.25, 0.3) is 17.0 Å². The first-order valence-electron chi connectivity index (χ1n) is 6.78. The van der Waals surface area contributed by atoms with Gasteiger partial charge in [-0.3, -0.25) is 0 Å². The van der Waals surface area contributed by atoms with E-state index in [1.807, 2.05) is 17.7 Å². The van der Waals surface area contributed by atoms with Gasteiger partial charge in [0.2, 0.25) is 0 Å². The molecule has 0 bridgehead atoms. The Balaban J connectivity index is 2.24. The van der Waals surface area contributed by atoms with E-state index in [0.717, 1.165) is 47.0 Å². The Bertz CT molecular complexity index is 640. The molecule has 0 saturated heterocycles. The molecule has 0 aliphatic heterocycles. The minimum atomic E-state index is -0.387. The van der Waals surface area contributed by atoms with Gasteiger partial charge in [-0.2, -0.15) is 0 Å². The van der Waals surface area contributed by atoms with E-state index in [1.165, 1.54) is 0 Å². The average molecular weight is 257 g/mol. The Kier molecular flexibility index (Phi) is 3.17.